The Morgan fingerprint density at radius 1 is 1.08 bits per heavy atom. The van der Waals surface area contributed by atoms with Gasteiger partial charge in [0.2, 0.25) is 5.91 Å². The summed E-state index contributed by atoms with van der Waals surface area (Å²) in [5.74, 6) is 1.80. The molecule has 2 aromatic rings. The zero-order chi connectivity index (χ0) is 17.1. The van der Waals surface area contributed by atoms with E-state index >= 15 is 0 Å². The predicted molar refractivity (Wildman–Crippen MR) is 89.8 cm³/mol. The zero-order valence-corrected chi connectivity index (χ0v) is 13.5. The fourth-order valence-corrected chi connectivity index (χ4v) is 2.56. The Morgan fingerprint density at radius 3 is 2.38 bits per heavy atom. The lowest BCUT2D eigenvalue weighted by atomic mass is 10.1. The van der Waals surface area contributed by atoms with Crippen LogP contribution in [-0.4, -0.2) is 25.6 Å². The molecular weight excluding hydrogens is 308 g/mol. The highest BCUT2D eigenvalue weighted by atomic mass is 16.5. The number of benzene rings is 2. The van der Waals surface area contributed by atoms with Gasteiger partial charge >= 0.3 is 6.03 Å². The van der Waals surface area contributed by atoms with Crippen molar-refractivity contribution in [2.24, 2.45) is 0 Å². The minimum Gasteiger partial charge on any atom is -0.496 e. The van der Waals surface area contributed by atoms with Crippen molar-refractivity contribution in [2.75, 3.05) is 18.6 Å². The molecule has 2 aromatic carbocycles. The Labute approximate surface area is 140 Å². The first-order valence-corrected chi connectivity index (χ1v) is 7.67. The summed E-state index contributed by atoms with van der Waals surface area (Å²) in [4.78, 5) is 24.3. The molecule has 6 nitrogen and oxygen atoms in total. The smallest absolute Gasteiger partial charge is 0.329 e. The van der Waals surface area contributed by atoms with E-state index in [1.165, 1.54) is 4.90 Å². The Kier molecular flexibility index (Phi) is 4.37. The molecule has 124 valence electrons. The highest BCUT2D eigenvalue weighted by molar-refractivity contribution is 6.12. The van der Waals surface area contributed by atoms with Crippen LogP contribution in [0.15, 0.2) is 42.5 Å². The van der Waals surface area contributed by atoms with E-state index in [-0.39, 0.29) is 12.5 Å². The number of urea groups is 1. The van der Waals surface area contributed by atoms with Gasteiger partial charge in [-0.1, -0.05) is 13.0 Å². The van der Waals surface area contributed by atoms with Gasteiger partial charge in [0.05, 0.1) is 7.11 Å². The van der Waals surface area contributed by atoms with Crippen molar-refractivity contribution >= 4 is 17.6 Å². The Morgan fingerprint density at radius 2 is 1.79 bits per heavy atom. The molecule has 0 radical (unpaired) electrons. The van der Waals surface area contributed by atoms with Crippen LogP contribution >= 0.6 is 0 Å². The lowest BCUT2D eigenvalue weighted by Crippen LogP contribution is -2.27. The van der Waals surface area contributed by atoms with Gasteiger partial charge in [-0.2, -0.15) is 0 Å². The van der Waals surface area contributed by atoms with Gasteiger partial charge in [0, 0.05) is 11.8 Å². The van der Waals surface area contributed by atoms with E-state index in [1.807, 2.05) is 18.2 Å². The third kappa shape index (κ3) is 3.17. The van der Waals surface area contributed by atoms with Crippen LogP contribution in [0.25, 0.3) is 0 Å². The van der Waals surface area contributed by atoms with Crippen LogP contribution in [0.2, 0.25) is 0 Å². The maximum atomic E-state index is 11.6. The Bertz CT molecular complexity index is 771. The van der Waals surface area contributed by atoms with E-state index < -0.39 is 6.03 Å². The number of hydrogen-bond acceptors (Lipinski definition) is 4. The standard InChI is InChI=1S/C18H18N2O4/c1-3-12-4-7-15(10-16(12)23-2)24-14-8-5-13(6-9-14)20-11-17(21)19-18(20)22/h4-10H,3,11H2,1-2H3,(H,19,21,22). The van der Waals surface area contributed by atoms with Gasteiger partial charge in [-0.25, -0.2) is 4.79 Å². The van der Waals surface area contributed by atoms with Crippen molar-refractivity contribution in [3.05, 3.63) is 48.0 Å². The predicted octanol–water partition coefficient (Wildman–Crippen LogP) is 3.11. The molecule has 0 atom stereocenters. The summed E-state index contributed by atoms with van der Waals surface area (Å²) in [6, 6.07) is 12.3. The lowest BCUT2D eigenvalue weighted by Gasteiger charge is -2.14. The summed E-state index contributed by atoms with van der Waals surface area (Å²) in [6.07, 6.45) is 0.884. The van der Waals surface area contributed by atoms with Crippen LogP contribution < -0.4 is 19.7 Å². The number of hydrogen-bond donors (Lipinski definition) is 1. The number of anilines is 1. The number of nitrogens with one attached hydrogen (secondary N) is 1. The minimum absolute atomic E-state index is 0.0364. The first kappa shape index (κ1) is 15.9. The monoisotopic (exact) mass is 326 g/mol. The largest absolute Gasteiger partial charge is 0.496 e. The third-order valence-electron chi connectivity index (χ3n) is 3.82. The molecule has 24 heavy (non-hydrogen) atoms. The number of imide groups is 1. The molecule has 0 unspecified atom stereocenters. The van der Waals surface area contributed by atoms with E-state index in [9.17, 15) is 9.59 Å². The van der Waals surface area contributed by atoms with E-state index in [0.717, 1.165) is 17.7 Å². The van der Waals surface area contributed by atoms with Crippen LogP contribution in [0.1, 0.15) is 12.5 Å². The Hall–Kier alpha value is -3.02. The molecule has 1 fully saturated rings. The summed E-state index contributed by atoms with van der Waals surface area (Å²) in [7, 11) is 1.63. The number of aryl methyl sites for hydroxylation is 1. The van der Waals surface area contributed by atoms with Gasteiger partial charge in [-0.05, 0) is 42.3 Å². The van der Waals surface area contributed by atoms with Crippen LogP contribution in [0, 0.1) is 0 Å². The average molecular weight is 326 g/mol. The maximum absolute atomic E-state index is 11.6. The number of methoxy groups -OCH3 is 1. The number of rotatable bonds is 5. The molecule has 1 N–H and O–H groups in total. The van der Waals surface area contributed by atoms with Crippen LogP contribution in [-0.2, 0) is 11.2 Å². The fourth-order valence-electron chi connectivity index (χ4n) is 2.56. The second-order valence-corrected chi connectivity index (χ2v) is 5.36. The molecule has 3 rings (SSSR count). The third-order valence-corrected chi connectivity index (χ3v) is 3.82. The number of carbonyl (C=O) groups excluding carboxylic acids is 2. The van der Waals surface area contributed by atoms with Crippen molar-refractivity contribution in [2.45, 2.75) is 13.3 Å². The van der Waals surface area contributed by atoms with Gasteiger partial charge in [0.15, 0.2) is 0 Å². The number of ether oxygens (including phenoxy) is 2. The van der Waals surface area contributed by atoms with Crippen molar-refractivity contribution in [3.63, 3.8) is 0 Å². The summed E-state index contributed by atoms with van der Waals surface area (Å²) in [6.45, 7) is 2.10. The van der Waals surface area contributed by atoms with Gasteiger partial charge in [0.25, 0.3) is 0 Å². The van der Waals surface area contributed by atoms with Crippen molar-refractivity contribution in [1.29, 1.82) is 0 Å². The molecule has 1 saturated heterocycles. The Balaban J connectivity index is 1.75. The van der Waals surface area contributed by atoms with Crippen LogP contribution in [0.4, 0.5) is 10.5 Å². The molecule has 1 aliphatic heterocycles. The molecule has 0 aromatic heterocycles. The first-order chi connectivity index (χ1) is 11.6. The molecule has 1 aliphatic rings. The van der Waals surface area contributed by atoms with Crippen molar-refractivity contribution in [3.8, 4) is 17.2 Å². The fraction of sp³-hybridized carbons (Fsp3) is 0.222. The van der Waals surface area contributed by atoms with Gasteiger partial charge in [0.1, 0.15) is 23.8 Å². The summed E-state index contributed by atoms with van der Waals surface area (Å²) < 4.78 is 11.2. The molecular formula is C18H18N2O4. The van der Waals surface area contributed by atoms with Gasteiger partial charge < -0.3 is 9.47 Å². The SMILES string of the molecule is CCc1ccc(Oc2ccc(N3CC(=O)NC3=O)cc2)cc1OC. The minimum atomic E-state index is -0.409. The number of amides is 3. The molecule has 6 heteroatoms. The molecule has 3 amide bonds. The maximum Gasteiger partial charge on any atom is 0.329 e. The molecule has 0 spiro atoms. The van der Waals surface area contributed by atoms with Gasteiger partial charge in [-0.15, -0.1) is 0 Å². The lowest BCUT2D eigenvalue weighted by molar-refractivity contribution is -0.117. The summed E-state index contributed by atoms with van der Waals surface area (Å²) >= 11 is 0. The average Bonchev–Trinajstić information content (AvgIpc) is 2.94. The molecule has 0 saturated carbocycles. The second-order valence-electron chi connectivity index (χ2n) is 5.36. The van der Waals surface area contributed by atoms with Crippen molar-refractivity contribution in [1.82, 2.24) is 5.32 Å². The highest BCUT2D eigenvalue weighted by Crippen LogP contribution is 2.30. The second kappa shape index (κ2) is 6.62. The molecule has 1 heterocycles. The highest BCUT2D eigenvalue weighted by Gasteiger charge is 2.27. The van der Waals surface area contributed by atoms with Crippen LogP contribution in [0.3, 0.4) is 0 Å². The van der Waals surface area contributed by atoms with E-state index in [0.29, 0.717) is 17.2 Å². The quantitative estimate of drug-likeness (QED) is 0.857. The topological polar surface area (TPSA) is 67.9 Å². The first-order valence-electron chi connectivity index (χ1n) is 7.67. The zero-order valence-electron chi connectivity index (χ0n) is 13.5. The van der Waals surface area contributed by atoms with E-state index in [4.69, 9.17) is 9.47 Å². The summed E-state index contributed by atoms with van der Waals surface area (Å²) in [5.41, 5.74) is 1.76. The number of carbonyl (C=O) groups is 2. The van der Waals surface area contributed by atoms with E-state index in [2.05, 4.69) is 12.2 Å². The van der Waals surface area contributed by atoms with E-state index in [1.54, 1.807) is 31.4 Å². The van der Waals surface area contributed by atoms with Crippen LogP contribution in [0.5, 0.6) is 17.2 Å². The molecule has 0 aliphatic carbocycles. The molecule has 0 bridgehead atoms. The number of nitrogens with zero attached hydrogens (tertiary/aromatic N) is 1. The summed E-state index contributed by atoms with van der Waals surface area (Å²) in [5, 5.41) is 2.25. The normalized spacial score (nSPS) is 13.8. The van der Waals surface area contributed by atoms with Gasteiger partial charge in [-0.3, -0.25) is 15.0 Å². The van der Waals surface area contributed by atoms with Crippen molar-refractivity contribution < 1.29 is 19.1 Å².